The van der Waals surface area contributed by atoms with E-state index in [0.29, 0.717) is 13.0 Å². The summed E-state index contributed by atoms with van der Waals surface area (Å²) in [4.78, 5) is 0. The number of hydrogen-bond donors (Lipinski definition) is 2. The molecule has 0 bridgehead atoms. The second-order valence-electron chi connectivity index (χ2n) is 5.49. The topological polar surface area (TPSA) is 41.5 Å². The number of nitrogens with one attached hydrogen (secondary N) is 1. The van der Waals surface area contributed by atoms with Gasteiger partial charge in [-0.3, -0.25) is 0 Å². The summed E-state index contributed by atoms with van der Waals surface area (Å²) >= 11 is 0. The van der Waals surface area contributed by atoms with E-state index in [1.165, 1.54) is 5.56 Å². The molecule has 1 aliphatic rings. The molecule has 0 aliphatic carbocycles. The van der Waals surface area contributed by atoms with E-state index >= 15 is 0 Å². The largest absolute Gasteiger partial charge is 0.492 e. The molecule has 3 heteroatoms. The van der Waals surface area contributed by atoms with Gasteiger partial charge >= 0.3 is 0 Å². The lowest BCUT2D eigenvalue weighted by Gasteiger charge is -2.17. The standard InChI is InChI=1S/C18H21NO2/c20-17-12-15(13-21-18-9-5-4-8-16(17)18)19-11-10-14-6-2-1-3-7-14/h1-9,15,17,19-20H,10-13H2/t15-,17-/m0/s1. The Kier molecular flexibility index (Phi) is 4.53. The van der Waals surface area contributed by atoms with Crippen LogP contribution in [0, 0.1) is 0 Å². The first kappa shape index (κ1) is 14.1. The summed E-state index contributed by atoms with van der Waals surface area (Å²) in [5, 5.41) is 13.8. The van der Waals surface area contributed by atoms with Crippen LogP contribution in [0.1, 0.15) is 23.7 Å². The summed E-state index contributed by atoms with van der Waals surface area (Å²) in [5.74, 6) is 0.803. The number of ether oxygens (including phenoxy) is 1. The molecule has 2 atom stereocenters. The van der Waals surface area contributed by atoms with Crippen LogP contribution in [0.4, 0.5) is 0 Å². The first-order valence-corrected chi connectivity index (χ1v) is 7.50. The second kappa shape index (κ2) is 6.74. The van der Waals surface area contributed by atoms with Crippen molar-refractivity contribution in [1.82, 2.24) is 5.32 Å². The van der Waals surface area contributed by atoms with Crippen LogP contribution in [0.25, 0.3) is 0 Å². The molecule has 110 valence electrons. The van der Waals surface area contributed by atoms with Crippen LogP contribution < -0.4 is 10.1 Å². The van der Waals surface area contributed by atoms with Crippen molar-refractivity contribution in [2.75, 3.05) is 13.2 Å². The summed E-state index contributed by atoms with van der Waals surface area (Å²) in [6.45, 7) is 1.49. The quantitative estimate of drug-likeness (QED) is 0.906. The Morgan fingerprint density at radius 1 is 1.05 bits per heavy atom. The average Bonchev–Trinajstić information content (AvgIpc) is 2.68. The second-order valence-corrected chi connectivity index (χ2v) is 5.49. The molecule has 2 aromatic carbocycles. The molecule has 0 saturated carbocycles. The highest BCUT2D eigenvalue weighted by Gasteiger charge is 2.23. The zero-order valence-electron chi connectivity index (χ0n) is 12.0. The van der Waals surface area contributed by atoms with Gasteiger partial charge in [-0.25, -0.2) is 0 Å². The van der Waals surface area contributed by atoms with Gasteiger partial charge in [0, 0.05) is 11.6 Å². The minimum Gasteiger partial charge on any atom is -0.492 e. The summed E-state index contributed by atoms with van der Waals surface area (Å²) in [5.41, 5.74) is 2.22. The van der Waals surface area contributed by atoms with E-state index in [1.54, 1.807) is 0 Å². The van der Waals surface area contributed by atoms with Gasteiger partial charge in [-0.15, -0.1) is 0 Å². The van der Waals surface area contributed by atoms with Crippen molar-refractivity contribution in [2.45, 2.75) is 25.0 Å². The van der Waals surface area contributed by atoms with Crippen LogP contribution in [0.3, 0.4) is 0 Å². The fraction of sp³-hybridized carbons (Fsp3) is 0.333. The summed E-state index contributed by atoms with van der Waals surface area (Å²) in [7, 11) is 0. The molecule has 1 heterocycles. The van der Waals surface area contributed by atoms with E-state index in [2.05, 4.69) is 29.6 Å². The van der Waals surface area contributed by atoms with Crippen molar-refractivity contribution >= 4 is 0 Å². The molecule has 21 heavy (non-hydrogen) atoms. The highest BCUT2D eigenvalue weighted by atomic mass is 16.5. The van der Waals surface area contributed by atoms with Gasteiger partial charge in [0.05, 0.1) is 6.10 Å². The van der Waals surface area contributed by atoms with Crippen molar-refractivity contribution in [3.05, 3.63) is 65.7 Å². The molecule has 0 saturated heterocycles. The van der Waals surface area contributed by atoms with Gasteiger partial charge in [-0.1, -0.05) is 48.5 Å². The van der Waals surface area contributed by atoms with Crippen molar-refractivity contribution in [1.29, 1.82) is 0 Å². The number of aliphatic hydroxyl groups is 1. The van der Waals surface area contributed by atoms with E-state index in [1.807, 2.05) is 30.3 Å². The molecule has 0 unspecified atom stereocenters. The number of aliphatic hydroxyl groups excluding tert-OH is 1. The first-order valence-electron chi connectivity index (χ1n) is 7.50. The molecule has 0 fully saturated rings. The van der Waals surface area contributed by atoms with Crippen molar-refractivity contribution in [3.63, 3.8) is 0 Å². The van der Waals surface area contributed by atoms with E-state index in [0.717, 1.165) is 24.3 Å². The zero-order chi connectivity index (χ0) is 14.5. The number of para-hydroxylation sites is 1. The first-order chi connectivity index (χ1) is 10.3. The molecular formula is C18H21NO2. The fourth-order valence-corrected chi connectivity index (χ4v) is 2.75. The molecule has 3 nitrogen and oxygen atoms in total. The average molecular weight is 283 g/mol. The highest BCUT2D eigenvalue weighted by molar-refractivity contribution is 5.36. The van der Waals surface area contributed by atoms with E-state index in [-0.39, 0.29) is 6.04 Å². The monoisotopic (exact) mass is 283 g/mol. The van der Waals surface area contributed by atoms with Gasteiger partial charge in [-0.05, 0) is 31.0 Å². The molecule has 0 spiro atoms. The number of hydrogen-bond acceptors (Lipinski definition) is 3. The van der Waals surface area contributed by atoms with Crippen molar-refractivity contribution in [2.24, 2.45) is 0 Å². The van der Waals surface area contributed by atoms with Crippen LogP contribution in [0.5, 0.6) is 5.75 Å². The number of fused-ring (bicyclic) bond motifs is 1. The maximum Gasteiger partial charge on any atom is 0.125 e. The Morgan fingerprint density at radius 3 is 2.67 bits per heavy atom. The van der Waals surface area contributed by atoms with Crippen molar-refractivity contribution < 1.29 is 9.84 Å². The van der Waals surface area contributed by atoms with Gasteiger partial charge in [0.2, 0.25) is 0 Å². The number of rotatable bonds is 4. The molecule has 0 amide bonds. The lowest BCUT2D eigenvalue weighted by molar-refractivity contribution is 0.151. The van der Waals surface area contributed by atoms with Gasteiger partial charge < -0.3 is 15.2 Å². The molecule has 0 aromatic heterocycles. The minimum absolute atomic E-state index is 0.177. The van der Waals surface area contributed by atoms with Crippen LogP contribution >= 0.6 is 0 Å². The third-order valence-electron chi connectivity index (χ3n) is 3.92. The van der Waals surface area contributed by atoms with Gasteiger partial charge in [0.1, 0.15) is 12.4 Å². The lowest BCUT2D eigenvalue weighted by atomic mass is 10.0. The molecular weight excluding hydrogens is 262 g/mol. The normalized spacial score (nSPS) is 21.2. The van der Waals surface area contributed by atoms with E-state index in [9.17, 15) is 5.11 Å². The van der Waals surface area contributed by atoms with Crippen LogP contribution in [0.2, 0.25) is 0 Å². The molecule has 3 rings (SSSR count). The maximum absolute atomic E-state index is 10.3. The summed E-state index contributed by atoms with van der Waals surface area (Å²) < 4.78 is 5.81. The van der Waals surface area contributed by atoms with Gasteiger partial charge in [-0.2, -0.15) is 0 Å². The maximum atomic E-state index is 10.3. The van der Waals surface area contributed by atoms with Crippen LogP contribution in [0.15, 0.2) is 54.6 Å². The van der Waals surface area contributed by atoms with E-state index < -0.39 is 6.10 Å². The fourth-order valence-electron chi connectivity index (χ4n) is 2.75. The van der Waals surface area contributed by atoms with Gasteiger partial charge in [0.25, 0.3) is 0 Å². The highest BCUT2D eigenvalue weighted by Crippen LogP contribution is 2.30. The Labute approximate surface area is 125 Å². The van der Waals surface area contributed by atoms with Crippen LogP contribution in [-0.2, 0) is 6.42 Å². The zero-order valence-corrected chi connectivity index (χ0v) is 12.0. The Balaban J connectivity index is 1.54. The molecule has 2 N–H and O–H groups in total. The predicted molar refractivity (Wildman–Crippen MR) is 83.5 cm³/mol. The molecule has 1 aliphatic heterocycles. The van der Waals surface area contributed by atoms with Crippen LogP contribution in [-0.4, -0.2) is 24.3 Å². The van der Waals surface area contributed by atoms with Crippen molar-refractivity contribution in [3.8, 4) is 5.75 Å². The van der Waals surface area contributed by atoms with Gasteiger partial charge in [0.15, 0.2) is 0 Å². The third kappa shape index (κ3) is 3.63. The van der Waals surface area contributed by atoms with E-state index in [4.69, 9.17) is 4.74 Å². The predicted octanol–water partition coefficient (Wildman–Crippen LogP) is 2.70. The number of benzene rings is 2. The summed E-state index contributed by atoms with van der Waals surface area (Å²) in [6, 6.07) is 18.3. The Morgan fingerprint density at radius 2 is 1.81 bits per heavy atom. The molecule has 0 radical (unpaired) electrons. The Hall–Kier alpha value is -1.84. The smallest absolute Gasteiger partial charge is 0.125 e. The lowest BCUT2D eigenvalue weighted by Crippen LogP contribution is -2.36. The summed E-state index contributed by atoms with van der Waals surface area (Å²) in [6.07, 6.45) is 1.21. The Bertz CT molecular complexity index is 570. The SMILES string of the molecule is O[C@H]1C[C@H](NCCc2ccccc2)COc2ccccc21. The minimum atomic E-state index is -0.460. The third-order valence-corrected chi connectivity index (χ3v) is 3.92. The molecule has 2 aromatic rings.